The zero-order valence-corrected chi connectivity index (χ0v) is 22.4. The number of phenols is 1. The lowest BCUT2D eigenvalue weighted by molar-refractivity contribution is 0.394. The van der Waals surface area contributed by atoms with Gasteiger partial charge in [0.05, 0.1) is 7.11 Å². The SMILES string of the molecule is COc1c([C@@H](C)C2CC2)cc(-c2cc([C@@H](C)C3CC3)c(O)c([C@H](C)C3CC3)c2)cc1[C@H](C)C1CC1. The average molecular weight is 473 g/mol. The second-order valence-electron chi connectivity index (χ2n) is 12.7. The summed E-state index contributed by atoms with van der Waals surface area (Å²) in [4.78, 5) is 0. The molecule has 6 rings (SSSR count). The van der Waals surface area contributed by atoms with E-state index in [4.69, 9.17) is 4.74 Å². The van der Waals surface area contributed by atoms with Gasteiger partial charge in [0, 0.05) is 0 Å². The van der Waals surface area contributed by atoms with Gasteiger partial charge in [-0.15, -0.1) is 0 Å². The van der Waals surface area contributed by atoms with Crippen LogP contribution in [0.1, 0.15) is 125 Å². The normalized spacial score (nSPS) is 23.6. The second kappa shape index (κ2) is 8.86. The van der Waals surface area contributed by atoms with Gasteiger partial charge in [-0.25, -0.2) is 0 Å². The maximum absolute atomic E-state index is 11.5. The lowest BCUT2D eigenvalue weighted by atomic mass is 9.82. The molecule has 4 fully saturated rings. The molecule has 4 aliphatic rings. The van der Waals surface area contributed by atoms with E-state index in [0.717, 1.165) is 29.4 Å². The number of hydrogen-bond acceptors (Lipinski definition) is 2. The number of hydrogen-bond donors (Lipinski definition) is 1. The molecule has 4 aliphatic carbocycles. The fourth-order valence-electron chi connectivity index (χ4n) is 6.69. The smallest absolute Gasteiger partial charge is 0.125 e. The Labute approximate surface area is 212 Å². The number of rotatable bonds is 10. The summed E-state index contributed by atoms with van der Waals surface area (Å²) in [5, 5.41) is 11.5. The maximum atomic E-state index is 11.5. The minimum atomic E-state index is 0.424. The Morgan fingerprint density at radius 2 is 0.857 bits per heavy atom. The van der Waals surface area contributed by atoms with Gasteiger partial charge in [-0.3, -0.25) is 0 Å². The van der Waals surface area contributed by atoms with Crippen molar-refractivity contribution in [2.24, 2.45) is 23.7 Å². The Morgan fingerprint density at radius 3 is 1.14 bits per heavy atom. The molecule has 4 atom stereocenters. The number of aromatic hydroxyl groups is 1. The van der Waals surface area contributed by atoms with Gasteiger partial charge in [0.25, 0.3) is 0 Å². The summed E-state index contributed by atoms with van der Waals surface area (Å²) in [6, 6.07) is 9.55. The minimum absolute atomic E-state index is 0.424. The summed E-state index contributed by atoms with van der Waals surface area (Å²) in [7, 11) is 1.87. The largest absolute Gasteiger partial charge is 0.507 e. The third-order valence-electron chi connectivity index (χ3n) is 10.1. The van der Waals surface area contributed by atoms with Gasteiger partial charge in [-0.1, -0.05) is 27.7 Å². The van der Waals surface area contributed by atoms with E-state index in [-0.39, 0.29) is 0 Å². The van der Waals surface area contributed by atoms with Crippen LogP contribution in [0.5, 0.6) is 11.5 Å². The molecule has 0 aromatic heterocycles. The van der Waals surface area contributed by atoms with Crippen molar-refractivity contribution in [3.63, 3.8) is 0 Å². The van der Waals surface area contributed by atoms with Gasteiger partial charge in [0.1, 0.15) is 11.5 Å². The first kappa shape index (κ1) is 23.4. The second-order valence-corrected chi connectivity index (χ2v) is 12.7. The molecule has 2 nitrogen and oxygen atoms in total. The van der Waals surface area contributed by atoms with Crippen molar-refractivity contribution >= 4 is 0 Å². The standard InChI is InChI=1S/C33H44O2/c1-18(22-6-7-22)28-14-26(15-29(32(28)34)19(2)23-8-9-23)27-16-30(20(3)24-10-11-24)33(35-5)31(17-27)21(4)25-12-13-25/h14-25,34H,6-13H2,1-5H3/t18-,19+,20-,21+. The third-order valence-corrected chi connectivity index (χ3v) is 10.1. The minimum Gasteiger partial charge on any atom is -0.507 e. The van der Waals surface area contributed by atoms with E-state index in [1.54, 1.807) is 0 Å². The summed E-state index contributed by atoms with van der Waals surface area (Å²) < 4.78 is 6.15. The van der Waals surface area contributed by atoms with E-state index in [0.29, 0.717) is 29.4 Å². The van der Waals surface area contributed by atoms with Gasteiger partial charge in [0.15, 0.2) is 0 Å². The number of ether oxygens (including phenoxy) is 1. The van der Waals surface area contributed by atoms with Crippen LogP contribution in [0.4, 0.5) is 0 Å². The van der Waals surface area contributed by atoms with Crippen molar-refractivity contribution in [1.82, 2.24) is 0 Å². The molecule has 0 amide bonds. The first-order chi connectivity index (χ1) is 16.9. The summed E-state index contributed by atoms with van der Waals surface area (Å²) in [5.74, 6) is 6.67. The molecule has 0 bridgehead atoms. The summed E-state index contributed by atoms with van der Waals surface area (Å²) in [6.45, 7) is 9.47. The lowest BCUT2D eigenvalue weighted by Gasteiger charge is -2.25. The predicted molar refractivity (Wildman–Crippen MR) is 145 cm³/mol. The predicted octanol–water partition coefficient (Wildman–Crippen LogP) is 9.12. The number of methoxy groups -OCH3 is 1. The Bertz CT molecular complexity index is 1020. The Kier molecular flexibility index (Phi) is 5.93. The highest BCUT2D eigenvalue weighted by Crippen LogP contribution is 2.53. The highest BCUT2D eigenvalue weighted by Gasteiger charge is 2.37. The van der Waals surface area contributed by atoms with Crippen molar-refractivity contribution < 1.29 is 9.84 Å². The molecule has 0 heterocycles. The van der Waals surface area contributed by atoms with Crippen LogP contribution in [-0.4, -0.2) is 12.2 Å². The molecule has 188 valence electrons. The summed E-state index contributed by atoms with van der Waals surface area (Å²) in [6.07, 6.45) is 10.6. The monoisotopic (exact) mass is 472 g/mol. The van der Waals surface area contributed by atoms with Crippen molar-refractivity contribution in [2.45, 2.75) is 103 Å². The van der Waals surface area contributed by atoms with Crippen LogP contribution in [0.25, 0.3) is 11.1 Å². The Balaban J connectivity index is 1.51. The van der Waals surface area contributed by atoms with Crippen LogP contribution in [0.3, 0.4) is 0 Å². The van der Waals surface area contributed by atoms with Gasteiger partial charge < -0.3 is 9.84 Å². The lowest BCUT2D eigenvalue weighted by Crippen LogP contribution is -2.07. The van der Waals surface area contributed by atoms with Crippen molar-refractivity contribution in [2.75, 3.05) is 7.11 Å². The van der Waals surface area contributed by atoms with E-state index in [1.807, 2.05) is 7.11 Å². The van der Waals surface area contributed by atoms with Crippen molar-refractivity contribution in [3.05, 3.63) is 46.5 Å². The van der Waals surface area contributed by atoms with Crippen LogP contribution in [-0.2, 0) is 0 Å². The molecular formula is C33H44O2. The van der Waals surface area contributed by atoms with Crippen LogP contribution in [0.2, 0.25) is 0 Å². The average Bonchev–Trinajstić information content (AvgIpc) is 3.70. The van der Waals surface area contributed by atoms with E-state index in [9.17, 15) is 5.11 Å². The fraction of sp³-hybridized carbons (Fsp3) is 0.636. The van der Waals surface area contributed by atoms with Crippen molar-refractivity contribution in [3.8, 4) is 22.6 Å². The van der Waals surface area contributed by atoms with Gasteiger partial charge in [-0.05, 0) is 156 Å². The van der Waals surface area contributed by atoms with Gasteiger partial charge >= 0.3 is 0 Å². The van der Waals surface area contributed by atoms with E-state index in [2.05, 4.69) is 52.0 Å². The molecule has 0 spiro atoms. The van der Waals surface area contributed by atoms with Crippen LogP contribution in [0.15, 0.2) is 24.3 Å². The zero-order chi connectivity index (χ0) is 24.4. The molecule has 1 N–H and O–H groups in total. The molecule has 2 aromatic carbocycles. The van der Waals surface area contributed by atoms with E-state index < -0.39 is 0 Å². The first-order valence-corrected chi connectivity index (χ1v) is 14.5. The Morgan fingerprint density at radius 1 is 0.571 bits per heavy atom. The number of phenolic OH excluding ortho intramolecular Hbond substituents is 1. The molecule has 0 saturated heterocycles. The molecule has 2 aromatic rings. The molecule has 0 unspecified atom stereocenters. The molecule has 0 radical (unpaired) electrons. The molecule has 4 saturated carbocycles. The van der Waals surface area contributed by atoms with Gasteiger partial charge in [0.2, 0.25) is 0 Å². The van der Waals surface area contributed by atoms with Gasteiger partial charge in [-0.2, -0.15) is 0 Å². The quantitative estimate of drug-likeness (QED) is 0.373. The van der Waals surface area contributed by atoms with E-state index >= 15 is 0 Å². The maximum Gasteiger partial charge on any atom is 0.125 e. The molecule has 2 heteroatoms. The zero-order valence-electron chi connectivity index (χ0n) is 22.4. The summed E-state index contributed by atoms with van der Waals surface area (Å²) in [5.41, 5.74) is 7.77. The van der Waals surface area contributed by atoms with Crippen LogP contribution < -0.4 is 4.74 Å². The fourth-order valence-corrected chi connectivity index (χ4v) is 6.69. The molecular weight excluding hydrogens is 428 g/mol. The summed E-state index contributed by atoms with van der Waals surface area (Å²) >= 11 is 0. The topological polar surface area (TPSA) is 29.5 Å². The Hall–Kier alpha value is -1.96. The first-order valence-electron chi connectivity index (χ1n) is 14.5. The van der Waals surface area contributed by atoms with Crippen molar-refractivity contribution in [1.29, 1.82) is 0 Å². The highest BCUT2D eigenvalue weighted by molar-refractivity contribution is 5.72. The molecule has 0 aliphatic heterocycles. The molecule has 35 heavy (non-hydrogen) atoms. The highest BCUT2D eigenvalue weighted by atomic mass is 16.5. The van der Waals surface area contributed by atoms with Crippen LogP contribution >= 0.6 is 0 Å². The number of benzene rings is 2. The van der Waals surface area contributed by atoms with E-state index in [1.165, 1.54) is 84.7 Å². The van der Waals surface area contributed by atoms with Crippen LogP contribution in [0, 0.1) is 23.7 Å². The third kappa shape index (κ3) is 4.51.